The zero-order valence-electron chi connectivity index (χ0n) is 20.0. The lowest BCUT2D eigenvalue weighted by Gasteiger charge is -2.32. The number of sulfonamides is 1. The van der Waals surface area contributed by atoms with Gasteiger partial charge in [0.05, 0.1) is 17.4 Å². The maximum Gasteiger partial charge on any atom is 0.243 e. The molecule has 0 spiro atoms. The summed E-state index contributed by atoms with van der Waals surface area (Å²) in [7, 11) is -3.45. The van der Waals surface area contributed by atoms with E-state index in [9.17, 15) is 17.6 Å². The van der Waals surface area contributed by atoms with Gasteiger partial charge in [-0.2, -0.15) is 4.31 Å². The van der Waals surface area contributed by atoms with E-state index in [1.165, 1.54) is 12.1 Å². The monoisotopic (exact) mass is 503 g/mol. The second-order valence-corrected chi connectivity index (χ2v) is 11.2. The molecule has 2 aliphatic rings. The Morgan fingerprint density at radius 2 is 1.69 bits per heavy atom. The summed E-state index contributed by atoms with van der Waals surface area (Å²) in [4.78, 5) is 15.2. The van der Waals surface area contributed by atoms with Gasteiger partial charge in [0.1, 0.15) is 18.2 Å². The predicted molar refractivity (Wildman–Crippen MR) is 132 cm³/mol. The van der Waals surface area contributed by atoms with Crippen molar-refractivity contribution in [1.82, 2.24) is 14.5 Å². The molecule has 1 N–H and O–H groups in total. The third-order valence-electron chi connectivity index (χ3n) is 6.64. The van der Waals surface area contributed by atoms with Gasteiger partial charge in [-0.05, 0) is 74.2 Å². The molecular weight excluding hydrogens is 469 g/mol. The molecule has 0 aromatic heterocycles. The standard InChI is InChI=1S/C26H34FN3O4S/c27-23-8-6-21(7-9-23)19-29-15-4-5-22(20-29)26(31)28-14-18-34-24-10-12-25(13-11-24)35(32,33)30-16-2-1-3-17-30/h6-13,22H,1-5,14-20H2,(H,28,31)/t22-/m1/s1. The Labute approximate surface area is 207 Å². The van der Waals surface area contributed by atoms with Crippen LogP contribution < -0.4 is 10.1 Å². The highest BCUT2D eigenvalue weighted by Gasteiger charge is 2.26. The highest BCUT2D eigenvalue weighted by atomic mass is 32.2. The third-order valence-corrected chi connectivity index (χ3v) is 8.56. The summed E-state index contributed by atoms with van der Waals surface area (Å²) in [6.45, 7) is 4.13. The van der Waals surface area contributed by atoms with Crippen molar-refractivity contribution in [2.24, 2.45) is 5.92 Å². The van der Waals surface area contributed by atoms with Gasteiger partial charge >= 0.3 is 0 Å². The van der Waals surface area contributed by atoms with Crippen molar-refractivity contribution >= 4 is 15.9 Å². The third kappa shape index (κ3) is 7.02. The molecule has 2 aromatic rings. The number of hydrogen-bond donors (Lipinski definition) is 1. The number of hydrogen-bond acceptors (Lipinski definition) is 5. The molecule has 0 aliphatic carbocycles. The molecule has 2 fully saturated rings. The van der Waals surface area contributed by atoms with Crippen molar-refractivity contribution in [2.45, 2.75) is 43.5 Å². The van der Waals surface area contributed by atoms with E-state index >= 15 is 0 Å². The average molecular weight is 504 g/mol. The molecule has 7 nitrogen and oxygen atoms in total. The molecule has 2 aromatic carbocycles. The lowest BCUT2D eigenvalue weighted by Crippen LogP contribution is -2.43. The van der Waals surface area contributed by atoms with Gasteiger partial charge < -0.3 is 10.1 Å². The molecule has 35 heavy (non-hydrogen) atoms. The van der Waals surface area contributed by atoms with Crippen LogP contribution in [0.3, 0.4) is 0 Å². The Hall–Kier alpha value is -2.49. The minimum Gasteiger partial charge on any atom is -0.492 e. The number of carbonyl (C=O) groups excluding carboxylic acids is 1. The van der Waals surface area contributed by atoms with Crippen LogP contribution in [0.4, 0.5) is 4.39 Å². The van der Waals surface area contributed by atoms with Crippen LogP contribution in [0.1, 0.15) is 37.7 Å². The number of nitrogens with one attached hydrogen (secondary N) is 1. The molecule has 190 valence electrons. The molecule has 0 radical (unpaired) electrons. The van der Waals surface area contributed by atoms with Crippen molar-refractivity contribution in [2.75, 3.05) is 39.3 Å². The lowest BCUT2D eigenvalue weighted by atomic mass is 9.96. The Balaban J connectivity index is 1.19. The number of nitrogens with zero attached hydrogens (tertiary/aromatic N) is 2. The molecule has 4 rings (SSSR count). The van der Waals surface area contributed by atoms with Crippen molar-refractivity contribution in [3.05, 3.63) is 59.9 Å². The second kappa shape index (κ2) is 12.0. The predicted octanol–water partition coefficient (Wildman–Crippen LogP) is 3.41. The number of piperidine rings is 2. The lowest BCUT2D eigenvalue weighted by molar-refractivity contribution is -0.126. The van der Waals surface area contributed by atoms with Gasteiger partial charge in [-0.1, -0.05) is 18.6 Å². The fourth-order valence-corrected chi connectivity index (χ4v) is 6.23. The number of ether oxygens (including phenoxy) is 1. The Morgan fingerprint density at radius 1 is 0.971 bits per heavy atom. The summed E-state index contributed by atoms with van der Waals surface area (Å²) in [5.41, 5.74) is 1.04. The van der Waals surface area contributed by atoms with E-state index in [1.807, 2.05) is 0 Å². The van der Waals surface area contributed by atoms with Gasteiger partial charge in [0.2, 0.25) is 15.9 Å². The molecule has 9 heteroatoms. The first-order valence-electron chi connectivity index (χ1n) is 12.4. The van der Waals surface area contributed by atoms with E-state index < -0.39 is 10.0 Å². The second-order valence-electron chi connectivity index (χ2n) is 9.28. The molecule has 0 bridgehead atoms. The first kappa shape index (κ1) is 25.6. The first-order valence-corrected chi connectivity index (χ1v) is 13.8. The highest BCUT2D eigenvalue weighted by Crippen LogP contribution is 2.23. The van der Waals surface area contributed by atoms with E-state index in [0.717, 1.165) is 44.2 Å². The zero-order chi connectivity index (χ0) is 24.7. The van der Waals surface area contributed by atoms with E-state index in [0.29, 0.717) is 45.1 Å². The molecule has 2 heterocycles. The van der Waals surface area contributed by atoms with Crippen molar-refractivity contribution in [3.8, 4) is 5.75 Å². The maximum absolute atomic E-state index is 13.1. The van der Waals surface area contributed by atoms with Crippen LogP contribution in [0.5, 0.6) is 5.75 Å². The van der Waals surface area contributed by atoms with Crippen molar-refractivity contribution < 1.29 is 22.3 Å². The summed E-state index contributed by atoms with van der Waals surface area (Å²) in [6, 6.07) is 13.0. The summed E-state index contributed by atoms with van der Waals surface area (Å²) in [5, 5.41) is 2.95. The van der Waals surface area contributed by atoms with Gasteiger partial charge in [0, 0.05) is 26.2 Å². The van der Waals surface area contributed by atoms with Crippen LogP contribution in [0.15, 0.2) is 53.4 Å². The van der Waals surface area contributed by atoms with Crippen LogP contribution in [-0.2, 0) is 21.4 Å². The summed E-state index contributed by atoms with van der Waals surface area (Å²) >= 11 is 0. The summed E-state index contributed by atoms with van der Waals surface area (Å²) < 4.78 is 45.9. The number of halogens is 1. The van der Waals surface area contributed by atoms with Gasteiger partial charge in [-0.15, -0.1) is 0 Å². The van der Waals surface area contributed by atoms with E-state index in [4.69, 9.17) is 4.74 Å². The average Bonchev–Trinajstić information content (AvgIpc) is 2.89. The van der Waals surface area contributed by atoms with Gasteiger partial charge in [-0.3, -0.25) is 9.69 Å². The molecule has 1 amide bonds. The smallest absolute Gasteiger partial charge is 0.243 e. The SMILES string of the molecule is O=C(NCCOc1ccc(S(=O)(=O)N2CCCCC2)cc1)[C@@H]1CCCN(Cc2ccc(F)cc2)C1. The molecule has 0 unspecified atom stereocenters. The number of carbonyl (C=O) groups is 1. The summed E-state index contributed by atoms with van der Waals surface area (Å²) in [6.07, 6.45) is 4.67. The number of likely N-dealkylation sites (tertiary alicyclic amines) is 1. The molecule has 1 atom stereocenters. The topological polar surface area (TPSA) is 78.9 Å². The van der Waals surface area contributed by atoms with Crippen LogP contribution in [0.2, 0.25) is 0 Å². The first-order chi connectivity index (χ1) is 16.9. The van der Waals surface area contributed by atoms with E-state index in [2.05, 4.69) is 10.2 Å². The Morgan fingerprint density at radius 3 is 2.40 bits per heavy atom. The van der Waals surface area contributed by atoms with E-state index in [-0.39, 0.29) is 22.5 Å². The van der Waals surface area contributed by atoms with Crippen LogP contribution in [0.25, 0.3) is 0 Å². The Bertz CT molecular complexity index is 1070. The van der Waals surface area contributed by atoms with Crippen molar-refractivity contribution in [1.29, 1.82) is 0 Å². The number of benzene rings is 2. The molecule has 2 saturated heterocycles. The number of rotatable bonds is 9. The van der Waals surface area contributed by atoms with Crippen molar-refractivity contribution in [3.63, 3.8) is 0 Å². The molecular formula is C26H34FN3O4S. The minimum absolute atomic E-state index is 0.0142. The van der Waals surface area contributed by atoms with Gasteiger partial charge in [0.15, 0.2) is 0 Å². The minimum atomic E-state index is -3.45. The van der Waals surface area contributed by atoms with Gasteiger partial charge in [0.25, 0.3) is 0 Å². The molecule has 0 saturated carbocycles. The Kier molecular flexibility index (Phi) is 8.75. The van der Waals surface area contributed by atoms with Crippen LogP contribution in [-0.4, -0.2) is 62.9 Å². The van der Waals surface area contributed by atoms with Gasteiger partial charge in [-0.25, -0.2) is 12.8 Å². The molecule has 2 aliphatic heterocycles. The van der Waals surface area contributed by atoms with E-state index in [1.54, 1.807) is 40.7 Å². The highest BCUT2D eigenvalue weighted by molar-refractivity contribution is 7.89. The normalized spacial score (nSPS) is 19.9. The fraction of sp³-hybridized carbons (Fsp3) is 0.500. The van der Waals surface area contributed by atoms with Crippen LogP contribution >= 0.6 is 0 Å². The summed E-state index contributed by atoms with van der Waals surface area (Å²) in [5.74, 6) is 0.258. The fourth-order valence-electron chi connectivity index (χ4n) is 4.71. The number of amides is 1. The quantitative estimate of drug-likeness (QED) is 0.531. The zero-order valence-corrected chi connectivity index (χ0v) is 20.8. The largest absolute Gasteiger partial charge is 0.492 e. The maximum atomic E-state index is 13.1. The van der Waals surface area contributed by atoms with Crippen LogP contribution in [0, 0.1) is 11.7 Å².